The van der Waals surface area contributed by atoms with Crippen molar-refractivity contribution in [3.05, 3.63) is 0 Å². The van der Waals surface area contributed by atoms with Gasteiger partial charge in [-0.2, -0.15) is 0 Å². The molecular weight excluding hydrogens is 246 g/mol. The molecule has 5 heteroatoms. The maximum Gasteiger partial charge on any atom is 0.407 e. The third-order valence-electron chi connectivity index (χ3n) is 3.89. The first-order valence-corrected chi connectivity index (χ1v) is 6.91. The highest BCUT2D eigenvalue weighted by atomic mass is 16.6. The molecule has 0 aromatic rings. The lowest BCUT2D eigenvalue weighted by Crippen LogP contribution is -2.50. The van der Waals surface area contributed by atoms with E-state index in [-0.39, 0.29) is 12.5 Å². The largest absolute Gasteiger partial charge is 0.481 e. The third-order valence-corrected chi connectivity index (χ3v) is 3.89. The molecule has 0 heterocycles. The number of aliphatic carboxylic acids is 1. The van der Waals surface area contributed by atoms with E-state index < -0.39 is 23.1 Å². The quantitative estimate of drug-likeness (QED) is 0.806. The van der Waals surface area contributed by atoms with Gasteiger partial charge >= 0.3 is 12.1 Å². The van der Waals surface area contributed by atoms with E-state index in [1.165, 1.54) is 0 Å². The van der Waals surface area contributed by atoms with Gasteiger partial charge in [-0.3, -0.25) is 4.79 Å². The molecule has 0 saturated heterocycles. The van der Waals surface area contributed by atoms with Crippen molar-refractivity contribution in [2.45, 2.75) is 59.0 Å². The van der Waals surface area contributed by atoms with Crippen LogP contribution in [0.15, 0.2) is 0 Å². The summed E-state index contributed by atoms with van der Waals surface area (Å²) in [4.78, 5) is 23.2. The highest BCUT2D eigenvalue weighted by molar-refractivity contribution is 5.77. The summed E-state index contributed by atoms with van der Waals surface area (Å²) < 4.78 is 5.15. The molecule has 1 fully saturated rings. The number of hydrogen-bond acceptors (Lipinski definition) is 3. The Hall–Kier alpha value is -1.26. The molecule has 0 aromatic carbocycles. The van der Waals surface area contributed by atoms with Crippen LogP contribution >= 0.6 is 0 Å². The Labute approximate surface area is 114 Å². The monoisotopic (exact) mass is 271 g/mol. The average Bonchev–Trinajstić information content (AvgIpc) is 2.18. The van der Waals surface area contributed by atoms with Crippen molar-refractivity contribution in [2.24, 2.45) is 11.3 Å². The number of ether oxygens (including phenoxy) is 1. The number of carbonyl (C=O) groups excluding carboxylic acids is 1. The minimum atomic E-state index is -0.852. The van der Waals surface area contributed by atoms with Crippen LogP contribution < -0.4 is 5.32 Å². The molecular formula is C14H25NO4. The summed E-state index contributed by atoms with van der Waals surface area (Å²) in [5, 5.41) is 12.1. The Morgan fingerprint density at radius 3 is 2.21 bits per heavy atom. The van der Waals surface area contributed by atoms with Crippen LogP contribution in [0.25, 0.3) is 0 Å². The fourth-order valence-corrected chi connectivity index (χ4v) is 2.46. The second kappa shape index (κ2) is 5.80. The van der Waals surface area contributed by atoms with E-state index in [0.29, 0.717) is 6.42 Å². The van der Waals surface area contributed by atoms with Gasteiger partial charge < -0.3 is 15.2 Å². The third kappa shape index (κ3) is 3.85. The van der Waals surface area contributed by atoms with Gasteiger partial charge in [0.1, 0.15) is 5.60 Å². The summed E-state index contributed by atoms with van der Waals surface area (Å²) in [6.07, 6.45) is 2.90. The molecule has 19 heavy (non-hydrogen) atoms. The molecule has 5 nitrogen and oxygen atoms in total. The van der Waals surface area contributed by atoms with Crippen molar-refractivity contribution >= 4 is 12.1 Å². The van der Waals surface area contributed by atoms with Gasteiger partial charge in [-0.15, -0.1) is 0 Å². The molecule has 1 aliphatic rings. The summed E-state index contributed by atoms with van der Waals surface area (Å²) in [7, 11) is 0. The Kier molecular flexibility index (Phi) is 4.82. The van der Waals surface area contributed by atoms with Gasteiger partial charge in [0.2, 0.25) is 0 Å². The molecule has 1 aliphatic carbocycles. The highest BCUT2D eigenvalue weighted by Gasteiger charge is 2.47. The van der Waals surface area contributed by atoms with Crippen molar-refractivity contribution in [1.82, 2.24) is 5.32 Å². The molecule has 1 unspecified atom stereocenters. The zero-order chi connectivity index (χ0) is 14.7. The number of rotatable bonds is 5. The molecule has 1 saturated carbocycles. The first kappa shape index (κ1) is 15.8. The molecule has 0 aliphatic heterocycles. The number of carbonyl (C=O) groups is 2. The van der Waals surface area contributed by atoms with Crippen LogP contribution in [0.1, 0.15) is 53.4 Å². The van der Waals surface area contributed by atoms with Crippen molar-refractivity contribution in [1.29, 1.82) is 0 Å². The number of carboxylic acids is 1. The highest BCUT2D eigenvalue weighted by Crippen LogP contribution is 2.44. The van der Waals surface area contributed by atoms with Gasteiger partial charge in [0.15, 0.2) is 0 Å². The van der Waals surface area contributed by atoms with Crippen LogP contribution in [-0.2, 0) is 9.53 Å². The molecule has 1 rings (SSSR count). The zero-order valence-electron chi connectivity index (χ0n) is 12.3. The van der Waals surface area contributed by atoms with E-state index in [2.05, 4.69) is 5.32 Å². The van der Waals surface area contributed by atoms with Crippen LogP contribution in [0.4, 0.5) is 4.79 Å². The Morgan fingerprint density at radius 2 is 1.89 bits per heavy atom. The van der Waals surface area contributed by atoms with Crippen molar-refractivity contribution in [3.63, 3.8) is 0 Å². The van der Waals surface area contributed by atoms with Crippen LogP contribution in [0, 0.1) is 11.3 Å². The molecule has 2 N–H and O–H groups in total. The van der Waals surface area contributed by atoms with Crippen LogP contribution in [-0.4, -0.2) is 29.3 Å². The SMILES string of the molecule is CCC(CNC(=O)OC(C)(C)C)(C(=O)O)C1CCC1. The van der Waals surface area contributed by atoms with Gasteiger partial charge in [-0.05, 0) is 46.0 Å². The molecule has 110 valence electrons. The minimum absolute atomic E-state index is 0.137. The van der Waals surface area contributed by atoms with Gasteiger partial charge in [0, 0.05) is 6.54 Å². The summed E-state index contributed by atoms with van der Waals surface area (Å²) in [6.45, 7) is 7.34. The van der Waals surface area contributed by atoms with Crippen molar-refractivity contribution in [3.8, 4) is 0 Å². The molecule has 1 amide bonds. The predicted octanol–water partition coefficient (Wildman–Crippen LogP) is 2.79. The average molecular weight is 271 g/mol. The first-order valence-electron chi connectivity index (χ1n) is 6.91. The predicted molar refractivity (Wildman–Crippen MR) is 71.9 cm³/mol. The summed E-state index contributed by atoms with van der Waals surface area (Å²) >= 11 is 0. The lowest BCUT2D eigenvalue weighted by atomic mass is 9.63. The molecule has 0 radical (unpaired) electrons. The Morgan fingerprint density at radius 1 is 1.32 bits per heavy atom. The molecule has 1 atom stereocenters. The van der Waals surface area contributed by atoms with Gasteiger partial charge in [0.25, 0.3) is 0 Å². The second-order valence-electron chi connectivity index (χ2n) is 6.30. The van der Waals surface area contributed by atoms with Gasteiger partial charge in [-0.1, -0.05) is 13.3 Å². The smallest absolute Gasteiger partial charge is 0.407 e. The topological polar surface area (TPSA) is 75.6 Å². The van der Waals surface area contributed by atoms with Crippen molar-refractivity contribution < 1.29 is 19.4 Å². The summed E-state index contributed by atoms with van der Waals surface area (Å²) in [5.41, 5.74) is -1.42. The number of alkyl carbamates (subject to hydrolysis) is 1. The maximum absolute atomic E-state index is 11.6. The van der Waals surface area contributed by atoms with Crippen LogP contribution in [0.3, 0.4) is 0 Å². The second-order valence-corrected chi connectivity index (χ2v) is 6.30. The number of amides is 1. The van der Waals surface area contributed by atoms with Crippen molar-refractivity contribution in [2.75, 3.05) is 6.54 Å². The minimum Gasteiger partial charge on any atom is -0.481 e. The zero-order valence-corrected chi connectivity index (χ0v) is 12.3. The Balaban J connectivity index is 2.63. The molecule has 0 aromatic heterocycles. The van der Waals surface area contributed by atoms with E-state index >= 15 is 0 Å². The van der Waals surface area contributed by atoms with E-state index in [1.807, 2.05) is 6.92 Å². The fraction of sp³-hybridized carbons (Fsp3) is 0.857. The number of carboxylic acid groups (broad SMARTS) is 1. The fourth-order valence-electron chi connectivity index (χ4n) is 2.46. The number of nitrogens with one attached hydrogen (secondary N) is 1. The lowest BCUT2D eigenvalue weighted by molar-refractivity contribution is -0.155. The van der Waals surface area contributed by atoms with E-state index in [9.17, 15) is 14.7 Å². The number of hydrogen-bond donors (Lipinski definition) is 2. The van der Waals surface area contributed by atoms with E-state index in [4.69, 9.17) is 4.74 Å². The lowest BCUT2D eigenvalue weighted by Gasteiger charge is -2.41. The van der Waals surface area contributed by atoms with Crippen LogP contribution in [0.5, 0.6) is 0 Å². The normalized spacial score (nSPS) is 19.2. The summed E-state index contributed by atoms with van der Waals surface area (Å²) in [5.74, 6) is -0.666. The molecule has 0 bridgehead atoms. The summed E-state index contributed by atoms with van der Waals surface area (Å²) in [6, 6.07) is 0. The molecule has 0 spiro atoms. The maximum atomic E-state index is 11.6. The van der Waals surface area contributed by atoms with Gasteiger partial charge in [-0.25, -0.2) is 4.79 Å². The van der Waals surface area contributed by atoms with Crippen LogP contribution in [0.2, 0.25) is 0 Å². The van der Waals surface area contributed by atoms with Gasteiger partial charge in [0.05, 0.1) is 5.41 Å². The van der Waals surface area contributed by atoms with E-state index in [0.717, 1.165) is 19.3 Å². The standard InChI is InChI=1S/C14H25NO4/c1-5-14(11(16)17,10-7-6-8-10)9-15-12(18)19-13(2,3)4/h10H,5-9H2,1-4H3,(H,15,18)(H,16,17). The Bertz CT molecular complexity index is 344. The first-order chi connectivity index (χ1) is 8.71. The van der Waals surface area contributed by atoms with E-state index in [1.54, 1.807) is 20.8 Å².